The summed E-state index contributed by atoms with van der Waals surface area (Å²) in [7, 11) is 0. The summed E-state index contributed by atoms with van der Waals surface area (Å²) in [5, 5.41) is 12.1. The molecule has 1 fully saturated rings. The predicted molar refractivity (Wildman–Crippen MR) is 70.9 cm³/mol. The number of aliphatic hydroxyl groups is 1. The van der Waals surface area contributed by atoms with Crippen molar-refractivity contribution in [1.82, 2.24) is 9.97 Å². The second-order valence-electron chi connectivity index (χ2n) is 4.76. The lowest BCUT2D eigenvalue weighted by molar-refractivity contribution is 0.102. The van der Waals surface area contributed by atoms with E-state index in [4.69, 9.17) is 9.84 Å². The number of hydrogen-bond acceptors (Lipinski definition) is 5. The van der Waals surface area contributed by atoms with E-state index in [0.29, 0.717) is 18.4 Å². The lowest BCUT2D eigenvalue weighted by Crippen LogP contribution is -2.25. The van der Waals surface area contributed by atoms with Crippen LogP contribution in [0, 0.1) is 5.92 Å². The van der Waals surface area contributed by atoms with Gasteiger partial charge in [0.1, 0.15) is 17.3 Å². The number of aromatic nitrogens is 2. The zero-order chi connectivity index (χ0) is 12.4. The minimum atomic E-state index is 0.228. The summed E-state index contributed by atoms with van der Waals surface area (Å²) >= 11 is 1.60. The third-order valence-corrected chi connectivity index (χ3v) is 4.38. The molecular formula is C13H16N2O2S. The minimum absolute atomic E-state index is 0.228. The third kappa shape index (κ3) is 2.33. The molecule has 1 aliphatic rings. The Balaban J connectivity index is 1.71. The van der Waals surface area contributed by atoms with E-state index in [1.165, 1.54) is 0 Å². The highest BCUT2D eigenvalue weighted by Gasteiger charge is 2.22. The third-order valence-electron chi connectivity index (χ3n) is 3.56. The molecule has 1 N–H and O–H groups in total. The van der Waals surface area contributed by atoms with E-state index in [9.17, 15) is 0 Å². The predicted octanol–water partition coefficient (Wildman–Crippen LogP) is 2.62. The van der Waals surface area contributed by atoms with E-state index in [1.807, 2.05) is 11.4 Å². The van der Waals surface area contributed by atoms with Gasteiger partial charge in [0.05, 0.1) is 5.39 Å². The Morgan fingerprint density at radius 3 is 2.89 bits per heavy atom. The maximum atomic E-state index is 9.12. The second-order valence-corrected chi connectivity index (χ2v) is 5.66. The Morgan fingerprint density at radius 2 is 2.11 bits per heavy atom. The number of nitrogens with zero attached hydrogens (tertiary/aromatic N) is 2. The van der Waals surface area contributed by atoms with Gasteiger partial charge in [-0.2, -0.15) is 0 Å². The molecule has 0 aromatic carbocycles. The zero-order valence-corrected chi connectivity index (χ0v) is 10.9. The molecule has 0 amide bonds. The standard InChI is InChI=1S/C13H16N2O2S/c16-7-9-1-3-10(4-2-9)17-12-11-5-6-18-13(11)15-8-14-12/h5-6,8-10,16H,1-4,7H2. The molecule has 0 radical (unpaired) electrons. The number of fused-ring (bicyclic) bond motifs is 1. The first-order valence-corrected chi connectivity index (χ1v) is 7.20. The summed E-state index contributed by atoms with van der Waals surface area (Å²) in [6.45, 7) is 0.301. The first-order valence-electron chi connectivity index (χ1n) is 6.32. The normalized spacial score (nSPS) is 24.3. The molecule has 0 spiro atoms. The molecule has 5 heteroatoms. The lowest BCUT2D eigenvalue weighted by atomic mass is 9.88. The van der Waals surface area contributed by atoms with Crippen molar-refractivity contribution in [2.45, 2.75) is 31.8 Å². The van der Waals surface area contributed by atoms with Gasteiger partial charge in [0.2, 0.25) is 5.88 Å². The van der Waals surface area contributed by atoms with Crippen LogP contribution >= 0.6 is 11.3 Å². The van der Waals surface area contributed by atoms with Crippen molar-refractivity contribution >= 4 is 21.6 Å². The molecule has 0 unspecified atom stereocenters. The lowest BCUT2D eigenvalue weighted by Gasteiger charge is -2.27. The molecule has 0 aliphatic heterocycles. The van der Waals surface area contributed by atoms with Crippen LogP contribution in [0.15, 0.2) is 17.8 Å². The Labute approximate surface area is 110 Å². The molecular weight excluding hydrogens is 248 g/mol. The summed E-state index contributed by atoms with van der Waals surface area (Å²) in [4.78, 5) is 9.43. The van der Waals surface area contributed by atoms with Gasteiger partial charge in [-0.1, -0.05) is 0 Å². The Hall–Kier alpha value is -1.20. The molecule has 2 heterocycles. The van der Waals surface area contributed by atoms with Gasteiger partial charge in [0.15, 0.2) is 0 Å². The fourth-order valence-corrected chi connectivity index (χ4v) is 3.17. The van der Waals surface area contributed by atoms with Crippen LogP contribution in [0.3, 0.4) is 0 Å². The fraction of sp³-hybridized carbons (Fsp3) is 0.538. The molecule has 0 bridgehead atoms. The minimum Gasteiger partial charge on any atom is -0.474 e. The quantitative estimate of drug-likeness (QED) is 0.926. The second kappa shape index (κ2) is 5.20. The highest BCUT2D eigenvalue weighted by atomic mass is 32.1. The molecule has 0 saturated heterocycles. The molecule has 0 atom stereocenters. The van der Waals surface area contributed by atoms with Crippen molar-refractivity contribution in [3.8, 4) is 5.88 Å². The molecule has 1 saturated carbocycles. The summed E-state index contributed by atoms with van der Waals surface area (Å²) < 4.78 is 5.99. The van der Waals surface area contributed by atoms with Crippen molar-refractivity contribution in [1.29, 1.82) is 0 Å². The summed E-state index contributed by atoms with van der Waals surface area (Å²) in [6.07, 6.45) is 5.87. The van der Waals surface area contributed by atoms with Crippen LogP contribution in [0.5, 0.6) is 5.88 Å². The van der Waals surface area contributed by atoms with E-state index >= 15 is 0 Å². The van der Waals surface area contributed by atoms with Gasteiger partial charge in [0.25, 0.3) is 0 Å². The highest BCUT2D eigenvalue weighted by Crippen LogP contribution is 2.30. The monoisotopic (exact) mass is 264 g/mol. The van der Waals surface area contributed by atoms with E-state index < -0.39 is 0 Å². The molecule has 1 aliphatic carbocycles. The molecule has 96 valence electrons. The fourth-order valence-electron chi connectivity index (χ4n) is 2.45. The Bertz CT molecular complexity index is 520. The van der Waals surface area contributed by atoms with Crippen LogP contribution in [-0.2, 0) is 0 Å². The van der Waals surface area contributed by atoms with Gasteiger partial charge in [-0.05, 0) is 43.0 Å². The topological polar surface area (TPSA) is 55.2 Å². The van der Waals surface area contributed by atoms with Gasteiger partial charge < -0.3 is 9.84 Å². The van der Waals surface area contributed by atoms with Crippen LogP contribution in [0.1, 0.15) is 25.7 Å². The van der Waals surface area contributed by atoms with Crippen LogP contribution in [-0.4, -0.2) is 27.8 Å². The van der Waals surface area contributed by atoms with Crippen LogP contribution in [0.25, 0.3) is 10.2 Å². The first kappa shape index (κ1) is 11.9. The van der Waals surface area contributed by atoms with Crippen LogP contribution in [0.4, 0.5) is 0 Å². The smallest absolute Gasteiger partial charge is 0.225 e. The van der Waals surface area contributed by atoms with Crippen LogP contribution in [0.2, 0.25) is 0 Å². The molecule has 18 heavy (non-hydrogen) atoms. The number of rotatable bonds is 3. The van der Waals surface area contributed by atoms with E-state index in [0.717, 1.165) is 35.9 Å². The highest BCUT2D eigenvalue weighted by molar-refractivity contribution is 7.16. The zero-order valence-electron chi connectivity index (χ0n) is 10.1. The molecule has 3 rings (SSSR count). The number of ether oxygens (including phenoxy) is 1. The summed E-state index contributed by atoms with van der Waals surface area (Å²) in [5.74, 6) is 1.16. The van der Waals surface area contributed by atoms with Crippen molar-refractivity contribution in [2.75, 3.05) is 6.61 Å². The molecule has 2 aromatic heterocycles. The van der Waals surface area contributed by atoms with Crippen molar-refractivity contribution in [2.24, 2.45) is 5.92 Å². The van der Waals surface area contributed by atoms with Gasteiger partial charge in [0, 0.05) is 6.61 Å². The largest absolute Gasteiger partial charge is 0.474 e. The SMILES string of the molecule is OCC1CCC(Oc2ncnc3sccc23)CC1. The van der Waals surface area contributed by atoms with E-state index in [1.54, 1.807) is 17.7 Å². The number of thiophene rings is 1. The Morgan fingerprint density at radius 1 is 1.28 bits per heavy atom. The molecule has 2 aromatic rings. The maximum absolute atomic E-state index is 9.12. The van der Waals surface area contributed by atoms with Gasteiger partial charge >= 0.3 is 0 Å². The maximum Gasteiger partial charge on any atom is 0.225 e. The van der Waals surface area contributed by atoms with Crippen molar-refractivity contribution in [3.05, 3.63) is 17.8 Å². The van der Waals surface area contributed by atoms with Gasteiger partial charge in [-0.3, -0.25) is 0 Å². The van der Waals surface area contributed by atoms with Crippen molar-refractivity contribution < 1.29 is 9.84 Å². The van der Waals surface area contributed by atoms with E-state index in [-0.39, 0.29) is 6.10 Å². The Kier molecular flexibility index (Phi) is 3.43. The summed E-state index contributed by atoms with van der Waals surface area (Å²) in [6, 6.07) is 2.01. The van der Waals surface area contributed by atoms with Gasteiger partial charge in [-0.25, -0.2) is 9.97 Å². The summed E-state index contributed by atoms with van der Waals surface area (Å²) in [5.41, 5.74) is 0. The average molecular weight is 264 g/mol. The molecule has 4 nitrogen and oxygen atoms in total. The van der Waals surface area contributed by atoms with E-state index in [2.05, 4.69) is 9.97 Å². The average Bonchev–Trinajstić information content (AvgIpc) is 2.89. The number of hydrogen-bond donors (Lipinski definition) is 1. The van der Waals surface area contributed by atoms with Gasteiger partial charge in [-0.15, -0.1) is 11.3 Å². The first-order chi connectivity index (χ1) is 8.86. The van der Waals surface area contributed by atoms with Crippen LogP contribution < -0.4 is 4.74 Å². The van der Waals surface area contributed by atoms with Crippen molar-refractivity contribution in [3.63, 3.8) is 0 Å². The number of aliphatic hydroxyl groups excluding tert-OH is 1.